The fraction of sp³-hybridized carbons (Fsp3) is 0. The maximum absolute atomic E-state index is 5.08. The molecule has 0 saturated carbocycles. The molecule has 0 aliphatic rings. The molecule has 0 fully saturated rings. The number of nitrogens with zero attached hydrogens (tertiary/aromatic N) is 5. The van der Waals surface area contributed by atoms with Crippen molar-refractivity contribution in [3.63, 3.8) is 0 Å². The van der Waals surface area contributed by atoms with Crippen molar-refractivity contribution in [3.8, 4) is 79.1 Å². The van der Waals surface area contributed by atoms with Crippen molar-refractivity contribution in [2.75, 3.05) is 0 Å². The second-order valence-corrected chi connectivity index (χ2v) is 11.4. The largest absolute Gasteiger partial charge is 0.255 e. The summed E-state index contributed by atoms with van der Waals surface area (Å²) in [5.41, 5.74) is 12.0. The molecule has 0 amide bonds. The van der Waals surface area contributed by atoms with Crippen LogP contribution in [-0.4, -0.2) is 24.9 Å². The Labute approximate surface area is 279 Å². The first-order valence-electron chi connectivity index (χ1n) is 15.8. The summed E-state index contributed by atoms with van der Waals surface area (Å²) in [5, 5.41) is 0. The van der Waals surface area contributed by atoms with Crippen molar-refractivity contribution >= 4 is 0 Å². The van der Waals surface area contributed by atoms with Crippen LogP contribution in [0.15, 0.2) is 176 Å². The normalized spacial score (nSPS) is 10.9. The average molecular weight is 616 g/mol. The molecule has 0 unspecified atom stereocenters. The Morgan fingerprint density at radius 3 is 1.33 bits per heavy atom. The summed E-state index contributed by atoms with van der Waals surface area (Å²) in [6.45, 7) is 0. The lowest BCUT2D eigenvalue weighted by Gasteiger charge is -2.11. The van der Waals surface area contributed by atoms with Crippen LogP contribution in [0.5, 0.6) is 0 Å². The number of rotatable bonds is 7. The Kier molecular flexibility index (Phi) is 7.83. The minimum absolute atomic E-state index is 0.674. The van der Waals surface area contributed by atoms with E-state index in [1.54, 1.807) is 6.20 Å². The number of pyridine rings is 3. The second-order valence-electron chi connectivity index (χ2n) is 11.4. The third-order valence-corrected chi connectivity index (χ3v) is 8.18. The van der Waals surface area contributed by atoms with Gasteiger partial charge in [-0.1, -0.05) is 127 Å². The zero-order chi connectivity index (χ0) is 32.1. The SMILES string of the molecule is c1ccc(-c2cc(-c3ccccn3)nc(-c3cccc(-c4ccc(-c5nc(-c6ccccc6)cc(-c6ccccc6)n5)cc4)n3)c2)cc1. The van der Waals surface area contributed by atoms with Gasteiger partial charge >= 0.3 is 0 Å². The van der Waals surface area contributed by atoms with Crippen LogP contribution < -0.4 is 0 Å². The Hall–Kier alpha value is -6.59. The van der Waals surface area contributed by atoms with Crippen LogP contribution in [0, 0.1) is 0 Å². The standard InChI is InChI=1S/C43H29N5/c1-4-13-30(14-5-1)35-27-41(37-19-10-11-26-44-37)46-42(28-35)38-21-12-20-36(45-38)33-22-24-34(25-23-33)43-47-39(31-15-6-2-7-16-31)29-40(48-43)32-17-8-3-9-18-32/h1-29H. The molecule has 4 aromatic carbocycles. The van der Waals surface area contributed by atoms with Gasteiger partial charge in [-0.3, -0.25) is 4.98 Å². The summed E-state index contributed by atoms with van der Waals surface area (Å²) in [6, 6.07) is 57.2. The highest BCUT2D eigenvalue weighted by Gasteiger charge is 2.13. The van der Waals surface area contributed by atoms with Gasteiger partial charge < -0.3 is 0 Å². The molecule has 4 aromatic heterocycles. The van der Waals surface area contributed by atoms with Crippen LogP contribution in [-0.2, 0) is 0 Å². The molecule has 0 atom stereocenters. The van der Waals surface area contributed by atoms with E-state index < -0.39 is 0 Å². The minimum atomic E-state index is 0.674. The zero-order valence-electron chi connectivity index (χ0n) is 26.0. The molecule has 48 heavy (non-hydrogen) atoms. The molecule has 0 aliphatic carbocycles. The van der Waals surface area contributed by atoms with E-state index >= 15 is 0 Å². The highest BCUT2D eigenvalue weighted by Crippen LogP contribution is 2.32. The van der Waals surface area contributed by atoms with E-state index in [4.69, 9.17) is 19.9 Å². The topological polar surface area (TPSA) is 64.5 Å². The van der Waals surface area contributed by atoms with Gasteiger partial charge in [0.1, 0.15) is 0 Å². The Morgan fingerprint density at radius 1 is 0.250 bits per heavy atom. The van der Waals surface area contributed by atoms with E-state index in [0.717, 1.165) is 73.2 Å². The van der Waals surface area contributed by atoms with E-state index in [1.165, 1.54) is 0 Å². The minimum Gasteiger partial charge on any atom is -0.255 e. The molecular weight excluding hydrogens is 587 g/mol. The van der Waals surface area contributed by atoms with Gasteiger partial charge in [0.25, 0.3) is 0 Å². The zero-order valence-corrected chi connectivity index (χ0v) is 26.0. The molecule has 8 rings (SSSR count). The van der Waals surface area contributed by atoms with Gasteiger partial charge in [-0.15, -0.1) is 0 Å². The fourth-order valence-corrected chi connectivity index (χ4v) is 5.72. The van der Waals surface area contributed by atoms with Crippen LogP contribution in [0.4, 0.5) is 0 Å². The van der Waals surface area contributed by atoms with Crippen molar-refractivity contribution < 1.29 is 0 Å². The molecule has 4 heterocycles. The summed E-state index contributed by atoms with van der Waals surface area (Å²) in [5.74, 6) is 0.674. The van der Waals surface area contributed by atoms with Gasteiger partial charge in [-0.25, -0.2) is 19.9 Å². The second kappa shape index (κ2) is 13.0. The van der Waals surface area contributed by atoms with Crippen molar-refractivity contribution in [2.24, 2.45) is 0 Å². The predicted octanol–water partition coefficient (Wildman–Crippen LogP) is 10.3. The van der Waals surface area contributed by atoms with E-state index in [9.17, 15) is 0 Å². The maximum atomic E-state index is 5.08. The maximum Gasteiger partial charge on any atom is 0.160 e. The van der Waals surface area contributed by atoms with Crippen molar-refractivity contribution in [3.05, 3.63) is 176 Å². The summed E-state index contributed by atoms with van der Waals surface area (Å²) in [7, 11) is 0. The molecule has 0 N–H and O–H groups in total. The van der Waals surface area contributed by atoms with Gasteiger partial charge in [0.05, 0.1) is 39.9 Å². The van der Waals surface area contributed by atoms with Crippen LogP contribution in [0.1, 0.15) is 0 Å². The van der Waals surface area contributed by atoms with Gasteiger partial charge in [0, 0.05) is 28.5 Å². The molecule has 0 radical (unpaired) electrons. The molecule has 226 valence electrons. The molecule has 8 aromatic rings. The van der Waals surface area contributed by atoms with E-state index in [-0.39, 0.29) is 0 Å². The van der Waals surface area contributed by atoms with E-state index in [1.807, 2.05) is 91.0 Å². The van der Waals surface area contributed by atoms with Gasteiger partial charge in [0.15, 0.2) is 5.82 Å². The third-order valence-electron chi connectivity index (χ3n) is 8.18. The summed E-state index contributed by atoms with van der Waals surface area (Å²) in [4.78, 5) is 24.6. The summed E-state index contributed by atoms with van der Waals surface area (Å²) >= 11 is 0. The van der Waals surface area contributed by atoms with Crippen molar-refractivity contribution in [1.82, 2.24) is 24.9 Å². The van der Waals surface area contributed by atoms with Gasteiger partial charge in [-0.2, -0.15) is 0 Å². The number of benzene rings is 4. The lowest BCUT2D eigenvalue weighted by molar-refractivity contribution is 1.18. The molecule has 0 bridgehead atoms. The first-order valence-corrected chi connectivity index (χ1v) is 15.8. The highest BCUT2D eigenvalue weighted by molar-refractivity contribution is 5.76. The van der Waals surface area contributed by atoms with E-state index in [2.05, 4.69) is 83.8 Å². The molecule has 0 aliphatic heterocycles. The molecule has 5 nitrogen and oxygen atoms in total. The quantitative estimate of drug-likeness (QED) is 0.178. The van der Waals surface area contributed by atoms with Gasteiger partial charge in [0.2, 0.25) is 0 Å². The predicted molar refractivity (Wildman–Crippen MR) is 193 cm³/mol. The van der Waals surface area contributed by atoms with Crippen molar-refractivity contribution in [2.45, 2.75) is 0 Å². The van der Waals surface area contributed by atoms with Gasteiger partial charge in [-0.05, 0) is 53.6 Å². The highest BCUT2D eigenvalue weighted by atomic mass is 14.9. The number of hydrogen-bond acceptors (Lipinski definition) is 5. The van der Waals surface area contributed by atoms with Crippen LogP contribution in [0.25, 0.3) is 79.1 Å². The lowest BCUT2D eigenvalue weighted by Crippen LogP contribution is -1.96. The summed E-state index contributed by atoms with van der Waals surface area (Å²) < 4.78 is 0. The average Bonchev–Trinajstić information content (AvgIpc) is 3.19. The number of aromatic nitrogens is 5. The summed E-state index contributed by atoms with van der Waals surface area (Å²) in [6.07, 6.45) is 1.79. The third kappa shape index (κ3) is 6.13. The van der Waals surface area contributed by atoms with E-state index in [0.29, 0.717) is 5.82 Å². The van der Waals surface area contributed by atoms with Crippen LogP contribution >= 0.6 is 0 Å². The number of hydrogen-bond donors (Lipinski definition) is 0. The monoisotopic (exact) mass is 615 g/mol. The first kappa shape index (κ1) is 28.9. The molecular formula is C43H29N5. The van der Waals surface area contributed by atoms with Crippen LogP contribution in [0.2, 0.25) is 0 Å². The smallest absolute Gasteiger partial charge is 0.160 e. The fourth-order valence-electron chi connectivity index (χ4n) is 5.72. The molecule has 0 spiro atoms. The Balaban J connectivity index is 1.16. The van der Waals surface area contributed by atoms with Crippen molar-refractivity contribution in [1.29, 1.82) is 0 Å². The first-order chi connectivity index (χ1) is 23.8. The Morgan fingerprint density at radius 2 is 0.729 bits per heavy atom. The molecule has 0 saturated heterocycles. The van der Waals surface area contributed by atoms with Crippen LogP contribution in [0.3, 0.4) is 0 Å². The molecule has 5 heteroatoms. The lowest BCUT2D eigenvalue weighted by atomic mass is 10.0. The Bertz CT molecular complexity index is 2190.